The van der Waals surface area contributed by atoms with Gasteiger partial charge < -0.3 is 0 Å². The van der Waals surface area contributed by atoms with Gasteiger partial charge in [0.25, 0.3) is 10.0 Å². The van der Waals surface area contributed by atoms with Crippen molar-refractivity contribution in [2.45, 2.75) is 4.90 Å². The number of fused-ring (bicyclic) bond motifs is 1. The van der Waals surface area contributed by atoms with Gasteiger partial charge in [0.15, 0.2) is 0 Å². The van der Waals surface area contributed by atoms with Crippen LogP contribution in [0.1, 0.15) is 5.56 Å². The van der Waals surface area contributed by atoms with E-state index in [9.17, 15) is 8.42 Å². The van der Waals surface area contributed by atoms with Crippen LogP contribution in [0.5, 0.6) is 0 Å². The summed E-state index contributed by atoms with van der Waals surface area (Å²) in [7, 11) is -3.68. The molecule has 0 aliphatic carbocycles. The summed E-state index contributed by atoms with van der Waals surface area (Å²) in [6.45, 7) is 0. The van der Waals surface area contributed by atoms with E-state index in [1.54, 1.807) is 24.3 Å². The van der Waals surface area contributed by atoms with Gasteiger partial charge in [0.1, 0.15) is 0 Å². The molecule has 0 N–H and O–H groups in total. The van der Waals surface area contributed by atoms with Crippen molar-refractivity contribution in [2.75, 3.05) is 0 Å². The van der Waals surface area contributed by atoms with E-state index < -0.39 is 10.0 Å². The third-order valence-electron chi connectivity index (χ3n) is 3.15. The van der Waals surface area contributed by atoms with Crippen LogP contribution in [0.15, 0.2) is 59.6 Å². The molecular weight excluding hydrogens is 308 g/mol. The zero-order chi connectivity index (χ0) is 15.0. The van der Waals surface area contributed by atoms with E-state index >= 15 is 0 Å². The summed E-state index contributed by atoms with van der Waals surface area (Å²) in [4.78, 5) is 0.161. The lowest BCUT2D eigenvalue weighted by Crippen LogP contribution is -2.11. The Balaban J connectivity index is 2.20. The van der Waals surface area contributed by atoms with Crippen LogP contribution in [0.4, 0.5) is 0 Å². The highest BCUT2D eigenvalue weighted by molar-refractivity contribution is 7.90. The van der Waals surface area contributed by atoms with Crippen molar-refractivity contribution in [1.29, 1.82) is 5.26 Å². The molecule has 0 aliphatic rings. The van der Waals surface area contributed by atoms with Gasteiger partial charge in [0.2, 0.25) is 0 Å². The zero-order valence-electron chi connectivity index (χ0n) is 10.7. The number of hydrogen-bond acceptors (Lipinski definition) is 3. The highest BCUT2D eigenvalue weighted by Gasteiger charge is 2.18. The SMILES string of the molecule is N#Cc1ccc2c(ccn2S(=O)(=O)c2ccc(Cl)cc2)c1. The molecule has 3 rings (SSSR count). The minimum Gasteiger partial charge on any atom is -0.241 e. The smallest absolute Gasteiger partial charge is 0.241 e. The van der Waals surface area contributed by atoms with Gasteiger partial charge in [-0.2, -0.15) is 5.26 Å². The van der Waals surface area contributed by atoms with Crippen LogP contribution in [-0.2, 0) is 10.0 Å². The van der Waals surface area contributed by atoms with Crippen molar-refractivity contribution < 1.29 is 8.42 Å². The van der Waals surface area contributed by atoms with E-state index in [1.165, 1.54) is 34.4 Å². The second kappa shape index (κ2) is 4.92. The Hall–Kier alpha value is -2.29. The van der Waals surface area contributed by atoms with Crippen molar-refractivity contribution in [1.82, 2.24) is 3.97 Å². The predicted molar refractivity (Wildman–Crippen MR) is 80.7 cm³/mol. The maximum atomic E-state index is 12.6. The molecule has 0 saturated heterocycles. The Morgan fingerprint density at radius 1 is 1.05 bits per heavy atom. The van der Waals surface area contributed by atoms with Crippen LogP contribution in [0.2, 0.25) is 5.02 Å². The van der Waals surface area contributed by atoms with Crippen LogP contribution in [0, 0.1) is 11.3 Å². The van der Waals surface area contributed by atoms with Crippen LogP contribution in [0.3, 0.4) is 0 Å². The van der Waals surface area contributed by atoms with Crippen molar-refractivity contribution in [3.05, 3.63) is 65.3 Å². The Morgan fingerprint density at radius 2 is 1.76 bits per heavy atom. The van der Waals surface area contributed by atoms with Gasteiger partial charge in [-0.3, -0.25) is 0 Å². The zero-order valence-corrected chi connectivity index (χ0v) is 12.3. The lowest BCUT2D eigenvalue weighted by atomic mass is 10.2. The molecule has 0 amide bonds. The van der Waals surface area contributed by atoms with Crippen LogP contribution < -0.4 is 0 Å². The van der Waals surface area contributed by atoms with Gasteiger partial charge in [0, 0.05) is 16.6 Å². The summed E-state index contributed by atoms with van der Waals surface area (Å²) in [6, 6.07) is 14.6. The average Bonchev–Trinajstić information content (AvgIpc) is 2.91. The van der Waals surface area contributed by atoms with Gasteiger partial charge in [-0.25, -0.2) is 12.4 Å². The lowest BCUT2D eigenvalue weighted by Gasteiger charge is -2.07. The second-order valence-corrected chi connectivity index (χ2v) is 6.71. The molecule has 0 unspecified atom stereocenters. The number of nitrogens with zero attached hydrogens (tertiary/aromatic N) is 2. The number of halogens is 1. The summed E-state index contributed by atoms with van der Waals surface area (Å²) in [5.41, 5.74) is 1.02. The molecule has 0 spiro atoms. The van der Waals surface area contributed by atoms with Crippen molar-refractivity contribution in [2.24, 2.45) is 0 Å². The molecule has 6 heteroatoms. The molecule has 4 nitrogen and oxygen atoms in total. The van der Waals surface area contributed by atoms with Gasteiger partial charge in [-0.05, 0) is 48.5 Å². The van der Waals surface area contributed by atoms with Crippen LogP contribution >= 0.6 is 11.6 Å². The van der Waals surface area contributed by atoms with E-state index in [4.69, 9.17) is 16.9 Å². The summed E-state index contributed by atoms with van der Waals surface area (Å²) in [5.74, 6) is 0. The lowest BCUT2D eigenvalue weighted by molar-refractivity contribution is 0.589. The summed E-state index contributed by atoms with van der Waals surface area (Å²) in [6.07, 6.45) is 1.48. The van der Waals surface area contributed by atoms with Gasteiger partial charge >= 0.3 is 0 Å². The van der Waals surface area contributed by atoms with E-state index in [2.05, 4.69) is 0 Å². The van der Waals surface area contributed by atoms with Crippen molar-refractivity contribution in [3.63, 3.8) is 0 Å². The fourth-order valence-corrected chi connectivity index (χ4v) is 3.60. The second-order valence-electron chi connectivity index (χ2n) is 4.46. The Kier molecular flexibility index (Phi) is 3.20. The number of benzene rings is 2. The normalized spacial score (nSPS) is 11.4. The minimum atomic E-state index is -3.68. The first-order chi connectivity index (χ1) is 10.0. The molecule has 0 fully saturated rings. The average molecular weight is 317 g/mol. The largest absolute Gasteiger partial charge is 0.268 e. The molecule has 0 saturated carbocycles. The standard InChI is InChI=1S/C15H9ClN2O2S/c16-13-2-4-14(5-3-13)21(19,20)18-8-7-12-9-11(10-17)1-6-15(12)18/h1-9H. The minimum absolute atomic E-state index is 0.161. The van der Waals surface area contributed by atoms with Gasteiger partial charge in [-0.15, -0.1) is 0 Å². The summed E-state index contributed by atoms with van der Waals surface area (Å²) >= 11 is 5.78. The molecule has 0 aliphatic heterocycles. The molecule has 0 radical (unpaired) electrons. The molecule has 0 atom stereocenters. The molecule has 1 heterocycles. The van der Waals surface area contributed by atoms with Crippen LogP contribution in [-0.4, -0.2) is 12.4 Å². The third-order valence-corrected chi connectivity index (χ3v) is 5.11. The first kappa shape index (κ1) is 13.7. The summed E-state index contributed by atoms with van der Waals surface area (Å²) < 4.78 is 26.5. The molecule has 104 valence electrons. The molecule has 0 bridgehead atoms. The molecule has 1 aromatic heterocycles. The van der Waals surface area contributed by atoms with Crippen molar-refractivity contribution >= 4 is 32.5 Å². The van der Waals surface area contributed by atoms with E-state index in [-0.39, 0.29) is 4.90 Å². The maximum absolute atomic E-state index is 12.6. The highest BCUT2D eigenvalue weighted by atomic mass is 35.5. The number of rotatable bonds is 2. The highest BCUT2D eigenvalue weighted by Crippen LogP contribution is 2.23. The first-order valence-electron chi connectivity index (χ1n) is 6.05. The first-order valence-corrected chi connectivity index (χ1v) is 7.86. The van der Waals surface area contributed by atoms with E-state index in [1.807, 2.05) is 6.07 Å². The quantitative estimate of drug-likeness (QED) is 0.728. The molecule has 21 heavy (non-hydrogen) atoms. The fraction of sp³-hybridized carbons (Fsp3) is 0. The van der Waals surface area contributed by atoms with E-state index in [0.29, 0.717) is 21.5 Å². The van der Waals surface area contributed by atoms with E-state index in [0.717, 1.165) is 0 Å². The summed E-state index contributed by atoms with van der Waals surface area (Å²) in [5, 5.41) is 10.1. The predicted octanol–water partition coefficient (Wildman–Crippen LogP) is 3.40. The monoisotopic (exact) mass is 316 g/mol. The Bertz CT molecular complexity index is 967. The van der Waals surface area contributed by atoms with Gasteiger partial charge in [0.05, 0.1) is 22.0 Å². The number of nitriles is 1. The topological polar surface area (TPSA) is 62.9 Å². The van der Waals surface area contributed by atoms with Crippen molar-refractivity contribution in [3.8, 4) is 6.07 Å². The Morgan fingerprint density at radius 3 is 2.43 bits per heavy atom. The number of aromatic nitrogens is 1. The molecule has 3 aromatic rings. The fourth-order valence-electron chi connectivity index (χ4n) is 2.12. The molecular formula is C15H9ClN2O2S. The number of hydrogen-bond donors (Lipinski definition) is 0. The van der Waals surface area contributed by atoms with Crippen LogP contribution in [0.25, 0.3) is 10.9 Å². The molecule has 2 aromatic carbocycles. The Labute approximate surface area is 126 Å². The van der Waals surface area contributed by atoms with Gasteiger partial charge in [-0.1, -0.05) is 11.6 Å². The third kappa shape index (κ3) is 2.29. The maximum Gasteiger partial charge on any atom is 0.268 e.